The second kappa shape index (κ2) is 4.87. The number of rotatable bonds is 3. The molecular formula is C10H20N5O2S+. The zero-order chi connectivity index (χ0) is 13.3. The van der Waals surface area contributed by atoms with Crippen molar-refractivity contribution >= 4 is 15.9 Å². The van der Waals surface area contributed by atoms with Crippen LogP contribution in [-0.4, -0.2) is 44.4 Å². The van der Waals surface area contributed by atoms with Crippen molar-refractivity contribution in [1.82, 2.24) is 9.78 Å². The van der Waals surface area contributed by atoms with Crippen LogP contribution in [0.4, 0.5) is 5.69 Å². The van der Waals surface area contributed by atoms with Gasteiger partial charge in [-0.25, -0.2) is 9.44 Å². The van der Waals surface area contributed by atoms with Crippen LogP contribution < -0.4 is 14.3 Å². The highest BCUT2D eigenvalue weighted by Crippen LogP contribution is 2.21. The van der Waals surface area contributed by atoms with Crippen LogP contribution in [0, 0.1) is 0 Å². The van der Waals surface area contributed by atoms with Crippen molar-refractivity contribution in [3.63, 3.8) is 0 Å². The van der Waals surface area contributed by atoms with Crippen LogP contribution in [0.3, 0.4) is 0 Å². The number of hydrogen-bond acceptors (Lipinski definition) is 3. The molecule has 1 aromatic heterocycles. The maximum atomic E-state index is 11.8. The predicted octanol–water partition coefficient (Wildman–Crippen LogP) is -1.89. The third kappa shape index (κ3) is 2.82. The lowest BCUT2D eigenvalue weighted by Gasteiger charge is -2.34. The van der Waals surface area contributed by atoms with Crippen LogP contribution in [0.25, 0.3) is 0 Å². The van der Waals surface area contributed by atoms with Crippen LogP contribution in [-0.2, 0) is 17.3 Å². The number of nitrogens with two attached hydrogens (primary N) is 1. The lowest BCUT2D eigenvalue weighted by Crippen LogP contribution is -3.11. The Labute approximate surface area is 107 Å². The Morgan fingerprint density at radius 1 is 1.61 bits per heavy atom. The highest BCUT2D eigenvalue weighted by Gasteiger charge is 2.33. The zero-order valence-corrected chi connectivity index (χ0v) is 11.5. The van der Waals surface area contributed by atoms with Gasteiger partial charge in [-0.2, -0.15) is 13.5 Å². The molecule has 2 heterocycles. The molecule has 0 spiro atoms. The normalized spacial score (nSPS) is 25.1. The average Bonchev–Trinajstić information content (AvgIpc) is 2.62. The topological polar surface area (TPSA) is 85.7 Å². The molecule has 1 aliphatic heterocycles. The first kappa shape index (κ1) is 13.3. The number of piperidine rings is 1. The molecule has 102 valence electrons. The number of aromatic nitrogens is 2. The lowest BCUT2D eigenvalue weighted by molar-refractivity contribution is -0.885. The van der Waals surface area contributed by atoms with Crippen molar-refractivity contribution in [2.45, 2.75) is 18.9 Å². The first-order chi connectivity index (χ1) is 8.38. The Morgan fingerprint density at radius 3 is 2.83 bits per heavy atom. The number of aryl methyl sites for hydroxylation is 1. The fourth-order valence-electron chi connectivity index (χ4n) is 2.53. The van der Waals surface area contributed by atoms with Gasteiger partial charge in [-0.05, 0) is 12.8 Å². The molecule has 1 saturated heterocycles. The Balaban J connectivity index is 2.31. The minimum atomic E-state index is -3.76. The van der Waals surface area contributed by atoms with Gasteiger partial charge in [0.1, 0.15) is 0 Å². The number of anilines is 1. The van der Waals surface area contributed by atoms with E-state index >= 15 is 0 Å². The number of nitrogens with zero attached hydrogens (tertiary/aromatic N) is 3. The molecule has 1 unspecified atom stereocenters. The SMILES string of the molecule is Cn1cc(N([C@@H]2CCC[NH+](C)C2)S(N)(=O)=O)cn1. The van der Waals surface area contributed by atoms with Crippen molar-refractivity contribution in [3.8, 4) is 0 Å². The first-order valence-corrected chi connectivity index (χ1v) is 7.50. The van der Waals surface area contributed by atoms with Crippen LogP contribution in [0.2, 0.25) is 0 Å². The summed E-state index contributed by atoms with van der Waals surface area (Å²) in [5, 5.41) is 9.36. The summed E-state index contributed by atoms with van der Waals surface area (Å²) < 4.78 is 26.5. The largest absolute Gasteiger partial charge is 0.336 e. The summed E-state index contributed by atoms with van der Waals surface area (Å²) in [5.74, 6) is 0. The smallest absolute Gasteiger partial charge is 0.299 e. The summed E-state index contributed by atoms with van der Waals surface area (Å²) in [6, 6.07) is -0.0852. The standard InChI is InChI=1S/C10H19N5O2S/c1-13-5-3-4-9(7-13)15(18(11,16)17)10-6-12-14(2)8-10/h6,8-9H,3-5,7H2,1-2H3,(H2,11,16,17)/p+1/t9-/m1/s1. The Kier molecular flexibility index (Phi) is 3.60. The van der Waals surface area contributed by atoms with Crippen molar-refractivity contribution in [3.05, 3.63) is 12.4 Å². The van der Waals surface area contributed by atoms with Crippen LogP contribution in [0.1, 0.15) is 12.8 Å². The molecule has 0 saturated carbocycles. The Morgan fingerprint density at radius 2 is 2.33 bits per heavy atom. The molecule has 2 rings (SSSR count). The monoisotopic (exact) mass is 274 g/mol. The fraction of sp³-hybridized carbons (Fsp3) is 0.700. The number of quaternary nitrogens is 1. The summed E-state index contributed by atoms with van der Waals surface area (Å²) in [4.78, 5) is 1.32. The summed E-state index contributed by atoms with van der Waals surface area (Å²) in [5.41, 5.74) is 0.541. The van der Waals surface area contributed by atoms with Crippen molar-refractivity contribution in [2.24, 2.45) is 12.2 Å². The number of nitrogens with one attached hydrogen (secondary N) is 1. The van der Waals surface area contributed by atoms with Crippen LogP contribution in [0.15, 0.2) is 12.4 Å². The quantitative estimate of drug-likeness (QED) is 0.675. The van der Waals surface area contributed by atoms with Crippen LogP contribution >= 0.6 is 0 Å². The highest BCUT2D eigenvalue weighted by molar-refractivity contribution is 7.90. The van der Waals surface area contributed by atoms with Crippen molar-refractivity contribution in [1.29, 1.82) is 0 Å². The van der Waals surface area contributed by atoms with Gasteiger partial charge in [0.05, 0.1) is 38.1 Å². The second-order valence-electron chi connectivity index (χ2n) is 4.92. The van der Waals surface area contributed by atoms with Gasteiger partial charge in [0.25, 0.3) is 10.2 Å². The molecule has 1 aromatic rings. The molecule has 0 aromatic carbocycles. The van der Waals surface area contributed by atoms with E-state index in [0.717, 1.165) is 25.9 Å². The van der Waals surface area contributed by atoms with E-state index in [9.17, 15) is 8.42 Å². The van der Waals surface area contributed by atoms with Gasteiger partial charge in [0, 0.05) is 13.2 Å². The predicted molar refractivity (Wildman–Crippen MR) is 68.4 cm³/mol. The summed E-state index contributed by atoms with van der Waals surface area (Å²) in [7, 11) is 0.0582. The minimum absolute atomic E-state index is 0.0852. The van der Waals surface area contributed by atoms with E-state index in [1.165, 1.54) is 15.4 Å². The molecule has 0 radical (unpaired) electrons. The highest BCUT2D eigenvalue weighted by atomic mass is 32.2. The van der Waals surface area contributed by atoms with Gasteiger partial charge in [0.2, 0.25) is 0 Å². The molecule has 0 aliphatic carbocycles. The first-order valence-electron chi connectivity index (χ1n) is 6.00. The van der Waals surface area contributed by atoms with E-state index in [1.54, 1.807) is 17.9 Å². The molecule has 0 amide bonds. The van der Waals surface area contributed by atoms with E-state index in [1.807, 2.05) is 0 Å². The summed E-state index contributed by atoms with van der Waals surface area (Å²) >= 11 is 0. The fourth-order valence-corrected chi connectivity index (χ4v) is 3.52. The van der Waals surface area contributed by atoms with E-state index in [0.29, 0.717) is 5.69 Å². The molecule has 8 heteroatoms. The minimum Gasteiger partial charge on any atom is -0.336 e. The maximum Gasteiger partial charge on any atom is 0.299 e. The molecule has 3 N–H and O–H groups in total. The lowest BCUT2D eigenvalue weighted by atomic mass is 10.1. The average molecular weight is 274 g/mol. The van der Waals surface area contributed by atoms with Crippen molar-refractivity contribution < 1.29 is 13.3 Å². The van der Waals surface area contributed by atoms with E-state index in [-0.39, 0.29) is 6.04 Å². The van der Waals surface area contributed by atoms with E-state index < -0.39 is 10.2 Å². The van der Waals surface area contributed by atoms with E-state index in [4.69, 9.17) is 5.14 Å². The Bertz CT molecular complexity index is 512. The van der Waals surface area contributed by atoms with Gasteiger partial charge in [-0.1, -0.05) is 0 Å². The third-order valence-corrected chi connectivity index (χ3v) is 4.33. The molecule has 18 heavy (non-hydrogen) atoms. The molecule has 0 bridgehead atoms. The number of likely N-dealkylation sites (N-methyl/N-ethyl adjacent to an activating group) is 1. The van der Waals surface area contributed by atoms with Crippen LogP contribution in [0.5, 0.6) is 0 Å². The van der Waals surface area contributed by atoms with Crippen molar-refractivity contribution in [2.75, 3.05) is 24.4 Å². The number of hydrogen-bond donors (Lipinski definition) is 2. The molecule has 1 fully saturated rings. The third-order valence-electron chi connectivity index (χ3n) is 3.28. The molecule has 7 nitrogen and oxygen atoms in total. The zero-order valence-electron chi connectivity index (χ0n) is 10.7. The number of likely N-dealkylation sites (tertiary alicyclic amines) is 1. The Hall–Kier alpha value is -1.12. The van der Waals surface area contributed by atoms with Gasteiger partial charge >= 0.3 is 0 Å². The second-order valence-corrected chi connectivity index (χ2v) is 6.34. The van der Waals surface area contributed by atoms with Gasteiger partial charge < -0.3 is 4.90 Å². The summed E-state index contributed by atoms with van der Waals surface area (Å²) in [6.07, 6.45) is 5.05. The van der Waals surface area contributed by atoms with Gasteiger partial charge in [-0.15, -0.1) is 0 Å². The maximum absolute atomic E-state index is 11.8. The van der Waals surface area contributed by atoms with Gasteiger partial charge in [0.15, 0.2) is 0 Å². The molecule has 1 aliphatic rings. The molecule has 2 atom stereocenters. The molecular weight excluding hydrogens is 254 g/mol. The van der Waals surface area contributed by atoms with Gasteiger partial charge in [-0.3, -0.25) is 4.68 Å². The van der Waals surface area contributed by atoms with E-state index in [2.05, 4.69) is 12.1 Å². The summed E-state index contributed by atoms with van der Waals surface area (Å²) in [6.45, 7) is 1.84.